The van der Waals surface area contributed by atoms with Crippen LogP contribution >= 0.6 is 0 Å². The van der Waals surface area contributed by atoms with E-state index in [9.17, 15) is 9.50 Å². The SMILES string of the molecule is CC(O)C1CCC2C3CCC4CC(F)CCC4(C)C3CCC12C. The van der Waals surface area contributed by atoms with E-state index in [0.29, 0.717) is 22.7 Å². The topological polar surface area (TPSA) is 20.2 Å². The first-order valence-corrected chi connectivity index (χ1v) is 10.2. The van der Waals surface area contributed by atoms with Gasteiger partial charge in [-0.2, -0.15) is 0 Å². The van der Waals surface area contributed by atoms with Crippen molar-refractivity contribution < 1.29 is 9.50 Å². The lowest BCUT2D eigenvalue weighted by Gasteiger charge is -2.61. The Kier molecular flexibility index (Phi) is 3.87. The minimum Gasteiger partial charge on any atom is -0.393 e. The van der Waals surface area contributed by atoms with Gasteiger partial charge in [-0.15, -0.1) is 0 Å². The molecule has 4 rings (SSSR count). The number of alkyl halides is 1. The van der Waals surface area contributed by atoms with E-state index in [0.717, 1.165) is 37.0 Å². The van der Waals surface area contributed by atoms with Crippen LogP contribution in [-0.2, 0) is 0 Å². The molecule has 1 nitrogen and oxygen atoms in total. The van der Waals surface area contributed by atoms with Gasteiger partial charge in [-0.3, -0.25) is 0 Å². The van der Waals surface area contributed by atoms with Crippen molar-refractivity contribution in [3.8, 4) is 0 Å². The highest BCUT2D eigenvalue weighted by molar-refractivity contribution is 5.09. The average Bonchev–Trinajstić information content (AvgIpc) is 2.85. The second kappa shape index (κ2) is 5.44. The number of hydrogen-bond donors (Lipinski definition) is 1. The number of aliphatic hydroxyl groups is 1. The summed E-state index contributed by atoms with van der Waals surface area (Å²) < 4.78 is 13.9. The normalized spacial score (nSPS) is 57.3. The molecule has 0 saturated heterocycles. The molecule has 4 fully saturated rings. The zero-order valence-corrected chi connectivity index (χ0v) is 15.2. The third kappa shape index (κ3) is 2.26. The Morgan fingerprint density at radius 1 is 0.913 bits per heavy atom. The molecule has 132 valence electrons. The molecule has 2 heteroatoms. The fourth-order valence-corrected chi connectivity index (χ4v) is 8.04. The molecular weight excluding hydrogens is 287 g/mol. The van der Waals surface area contributed by atoms with Gasteiger partial charge in [0, 0.05) is 0 Å². The van der Waals surface area contributed by atoms with Crippen molar-refractivity contribution >= 4 is 0 Å². The highest BCUT2D eigenvalue weighted by Crippen LogP contribution is 2.67. The molecule has 4 aliphatic rings. The third-order valence-corrected chi connectivity index (χ3v) is 9.26. The summed E-state index contributed by atoms with van der Waals surface area (Å²) in [4.78, 5) is 0. The van der Waals surface area contributed by atoms with Gasteiger partial charge in [-0.05, 0) is 105 Å². The second-order valence-corrected chi connectivity index (χ2v) is 10.00. The van der Waals surface area contributed by atoms with Gasteiger partial charge in [0.05, 0.1) is 6.10 Å². The van der Waals surface area contributed by atoms with Crippen molar-refractivity contribution in [1.29, 1.82) is 0 Å². The number of aliphatic hydroxyl groups excluding tert-OH is 1. The molecule has 0 amide bonds. The molecule has 0 aliphatic heterocycles. The van der Waals surface area contributed by atoms with Crippen molar-refractivity contribution in [3.63, 3.8) is 0 Å². The summed E-state index contributed by atoms with van der Waals surface area (Å²) in [6, 6.07) is 0. The zero-order valence-electron chi connectivity index (χ0n) is 15.2. The van der Waals surface area contributed by atoms with Gasteiger partial charge in [-0.25, -0.2) is 4.39 Å². The quantitative estimate of drug-likeness (QED) is 0.688. The third-order valence-electron chi connectivity index (χ3n) is 9.26. The Balaban J connectivity index is 1.60. The highest BCUT2D eigenvalue weighted by Gasteiger charge is 2.60. The summed E-state index contributed by atoms with van der Waals surface area (Å²) in [6.07, 6.45) is 9.78. The van der Waals surface area contributed by atoms with Crippen LogP contribution in [0.15, 0.2) is 0 Å². The van der Waals surface area contributed by atoms with Crippen LogP contribution in [0.25, 0.3) is 0 Å². The maximum atomic E-state index is 13.9. The van der Waals surface area contributed by atoms with Crippen molar-refractivity contribution in [2.24, 2.45) is 40.4 Å². The van der Waals surface area contributed by atoms with Crippen LogP contribution in [-0.4, -0.2) is 17.4 Å². The summed E-state index contributed by atoms with van der Waals surface area (Å²) in [6.45, 7) is 6.99. The average molecular weight is 323 g/mol. The molecule has 0 aromatic rings. The van der Waals surface area contributed by atoms with E-state index in [2.05, 4.69) is 13.8 Å². The Morgan fingerprint density at radius 2 is 1.61 bits per heavy atom. The summed E-state index contributed by atoms with van der Waals surface area (Å²) >= 11 is 0. The van der Waals surface area contributed by atoms with Crippen molar-refractivity contribution in [1.82, 2.24) is 0 Å². The van der Waals surface area contributed by atoms with Crippen molar-refractivity contribution in [2.45, 2.75) is 90.8 Å². The Morgan fingerprint density at radius 3 is 2.35 bits per heavy atom. The predicted octanol–water partition coefficient (Wildman–Crippen LogP) is 5.36. The van der Waals surface area contributed by atoms with Gasteiger partial charge in [0.15, 0.2) is 0 Å². The van der Waals surface area contributed by atoms with Crippen LogP contribution in [0.4, 0.5) is 4.39 Å². The van der Waals surface area contributed by atoms with E-state index < -0.39 is 6.17 Å². The molecule has 0 radical (unpaired) electrons. The number of fused-ring (bicyclic) bond motifs is 5. The molecule has 0 bridgehead atoms. The van der Waals surface area contributed by atoms with Crippen LogP contribution in [0.3, 0.4) is 0 Å². The Labute approximate surface area is 141 Å². The van der Waals surface area contributed by atoms with Crippen LogP contribution in [0, 0.1) is 40.4 Å². The van der Waals surface area contributed by atoms with Gasteiger partial charge in [0.2, 0.25) is 0 Å². The Hall–Kier alpha value is -0.110. The fourth-order valence-electron chi connectivity index (χ4n) is 8.04. The first kappa shape index (κ1) is 16.4. The highest BCUT2D eigenvalue weighted by atomic mass is 19.1. The lowest BCUT2D eigenvalue weighted by Crippen LogP contribution is -2.54. The number of rotatable bonds is 1. The molecule has 4 aliphatic carbocycles. The molecule has 4 saturated carbocycles. The number of hydrogen-bond acceptors (Lipinski definition) is 1. The minimum absolute atomic E-state index is 0.157. The molecule has 0 heterocycles. The predicted molar refractivity (Wildman–Crippen MR) is 91.8 cm³/mol. The molecule has 23 heavy (non-hydrogen) atoms. The Bertz CT molecular complexity index is 463. The van der Waals surface area contributed by atoms with E-state index in [1.165, 1.54) is 38.5 Å². The zero-order chi connectivity index (χ0) is 16.4. The monoisotopic (exact) mass is 322 g/mol. The van der Waals surface area contributed by atoms with Gasteiger partial charge >= 0.3 is 0 Å². The van der Waals surface area contributed by atoms with Crippen molar-refractivity contribution in [2.75, 3.05) is 0 Å². The lowest BCUT2D eigenvalue weighted by molar-refractivity contribution is -0.126. The first-order chi connectivity index (χ1) is 10.9. The summed E-state index contributed by atoms with van der Waals surface area (Å²) in [5.74, 6) is 3.60. The van der Waals surface area contributed by atoms with Gasteiger partial charge < -0.3 is 5.11 Å². The molecular formula is C21H35FO. The maximum Gasteiger partial charge on any atom is 0.100 e. The van der Waals surface area contributed by atoms with Crippen LogP contribution in [0.2, 0.25) is 0 Å². The van der Waals surface area contributed by atoms with Crippen molar-refractivity contribution in [3.05, 3.63) is 0 Å². The lowest BCUT2D eigenvalue weighted by atomic mass is 9.44. The standard InChI is InChI=1S/C21H35FO/c1-13(23)17-6-7-18-16-5-4-14-12-15(22)8-10-20(14,2)19(16)9-11-21(17,18)3/h13-19,23H,4-12H2,1-3H3. The second-order valence-electron chi connectivity index (χ2n) is 10.00. The summed E-state index contributed by atoms with van der Waals surface area (Å²) in [5.41, 5.74) is 0.756. The van der Waals surface area contributed by atoms with E-state index in [-0.39, 0.29) is 6.10 Å². The van der Waals surface area contributed by atoms with Crippen LogP contribution in [0.5, 0.6) is 0 Å². The summed E-state index contributed by atoms with van der Waals surface area (Å²) in [5, 5.41) is 10.3. The van der Waals surface area contributed by atoms with E-state index >= 15 is 0 Å². The summed E-state index contributed by atoms with van der Waals surface area (Å²) in [7, 11) is 0. The molecule has 0 aromatic carbocycles. The molecule has 9 atom stereocenters. The minimum atomic E-state index is -0.537. The van der Waals surface area contributed by atoms with E-state index in [4.69, 9.17) is 0 Å². The fraction of sp³-hybridized carbons (Fsp3) is 1.00. The first-order valence-electron chi connectivity index (χ1n) is 10.2. The van der Waals surface area contributed by atoms with Gasteiger partial charge in [-0.1, -0.05) is 13.8 Å². The maximum absolute atomic E-state index is 13.9. The van der Waals surface area contributed by atoms with Crippen LogP contribution < -0.4 is 0 Å². The molecule has 0 aromatic heterocycles. The number of halogens is 1. The van der Waals surface area contributed by atoms with Gasteiger partial charge in [0.25, 0.3) is 0 Å². The van der Waals surface area contributed by atoms with Crippen LogP contribution in [0.1, 0.15) is 78.6 Å². The smallest absolute Gasteiger partial charge is 0.100 e. The van der Waals surface area contributed by atoms with Gasteiger partial charge in [0.1, 0.15) is 6.17 Å². The molecule has 1 N–H and O–H groups in total. The van der Waals surface area contributed by atoms with E-state index in [1.54, 1.807) is 0 Å². The van der Waals surface area contributed by atoms with E-state index in [1.807, 2.05) is 6.92 Å². The largest absolute Gasteiger partial charge is 0.393 e. The molecule has 9 unspecified atom stereocenters. The molecule has 0 spiro atoms.